The summed E-state index contributed by atoms with van der Waals surface area (Å²) in [4.78, 5) is 0. The number of unbranched alkanes of at least 4 members (excludes halogenated alkanes) is 11. The fourth-order valence-corrected chi connectivity index (χ4v) is 9.35. The summed E-state index contributed by atoms with van der Waals surface area (Å²) in [7, 11) is 5.71. The van der Waals surface area contributed by atoms with Gasteiger partial charge in [0.1, 0.15) is 0 Å². The molecule has 3 heteroatoms. The van der Waals surface area contributed by atoms with Gasteiger partial charge in [-0.1, -0.05) is 138 Å². The van der Waals surface area contributed by atoms with Crippen molar-refractivity contribution in [1.82, 2.24) is 0 Å². The molecule has 0 heterocycles. The van der Waals surface area contributed by atoms with Crippen LogP contribution in [0.4, 0.5) is 0 Å². The molecule has 0 spiro atoms. The predicted octanol–water partition coefficient (Wildman–Crippen LogP) is 8.91. The van der Waals surface area contributed by atoms with E-state index in [0.29, 0.717) is 10.5 Å². The summed E-state index contributed by atoms with van der Waals surface area (Å²) in [6, 6.07) is 0. The van der Waals surface area contributed by atoms with Crippen LogP contribution in [0.15, 0.2) is 0 Å². The van der Waals surface area contributed by atoms with Crippen LogP contribution in [-0.2, 0) is 0 Å². The Morgan fingerprint density at radius 1 is 0.586 bits per heavy atom. The van der Waals surface area contributed by atoms with Gasteiger partial charge in [0.2, 0.25) is 0 Å². The van der Waals surface area contributed by atoms with Crippen LogP contribution in [0, 0.1) is 11.3 Å². The first-order chi connectivity index (χ1) is 13.7. The van der Waals surface area contributed by atoms with Crippen molar-refractivity contribution in [2.75, 3.05) is 0 Å². The molecule has 0 bridgehead atoms. The lowest BCUT2D eigenvalue weighted by atomic mass is 9.81. The highest BCUT2D eigenvalue weighted by atomic mass is 29.5. The SMILES string of the molecule is CC(C)CCCCCCCC(C)(C)CCCCCCCCCCC(C)(C)[Si][Si][Si]. The largest absolute Gasteiger partial charge is 0.0631 e. The molecule has 0 saturated carbocycles. The molecule has 0 fully saturated rings. The molecule has 0 N–H and O–H groups in total. The lowest BCUT2D eigenvalue weighted by Crippen LogP contribution is -2.19. The molecule has 0 aliphatic carbocycles. The highest BCUT2D eigenvalue weighted by Gasteiger charge is 2.17. The van der Waals surface area contributed by atoms with Gasteiger partial charge in [-0.2, -0.15) is 0 Å². The van der Waals surface area contributed by atoms with Crippen LogP contribution in [0.3, 0.4) is 0 Å². The van der Waals surface area contributed by atoms with Crippen LogP contribution < -0.4 is 0 Å². The third-order valence-corrected chi connectivity index (χ3v) is 11.0. The van der Waals surface area contributed by atoms with Crippen LogP contribution >= 0.6 is 0 Å². The molecule has 0 aromatic heterocycles. The van der Waals surface area contributed by atoms with Crippen LogP contribution in [0.2, 0.25) is 5.04 Å². The fourth-order valence-electron chi connectivity index (χ4n) is 4.27. The summed E-state index contributed by atoms with van der Waals surface area (Å²) in [6.45, 7) is 14.6. The molecule has 0 atom stereocenters. The average Bonchev–Trinajstić information content (AvgIpc) is 2.62. The molecule has 0 aromatic carbocycles. The molecule has 0 aromatic rings. The molecule has 29 heavy (non-hydrogen) atoms. The Bertz CT molecular complexity index is 350. The van der Waals surface area contributed by atoms with Gasteiger partial charge in [0.15, 0.2) is 0 Å². The molecule has 0 aliphatic heterocycles. The summed E-state index contributed by atoms with van der Waals surface area (Å²) in [6.07, 6.45) is 24.6. The number of rotatable bonds is 21. The third-order valence-electron chi connectivity index (χ3n) is 6.44. The first kappa shape index (κ1) is 29.7. The number of hydrogen-bond donors (Lipinski definition) is 0. The maximum absolute atomic E-state index is 3.68. The lowest BCUT2D eigenvalue weighted by molar-refractivity contribution is 0.282. The smallest absolute Gasteiger partial charge is 0.0257 e. The summed E-state index contributed by atoms with van der Waals surface area (Å²) in [5, 5.41) is 0.570. The van der Waals surface area contributed by atoms with Crippen molar-refractivity contribution < 1.29 is 0 Å². The molecule has 0 unspecified atom stereocenters. The van der Waals surface area contributed by atoms with Crippen molar-refractivity contribution in [2.24, 2.45) is 11.3 Å². The summed E-state index contributed by atoms with van der Waals surface area (Å²) in [5.74, 6) is 0.885. The van der Waals surface area contributed by atoms with E-state index in [1.807, 2.05) is 0 Å². The van der Waals surface area contributed by atoms with Crippen molar-refractivity contribution in [1.29, 1.82) is 0 Å². The maximum Gasteiger partial charge on any atom is 0.0257 e. The zero-order valence-electron chi connectivity index (χ0n) is 21.1. The van der Waals surface area contributed by atoms with Crippen LogP contribution in [0.5, 0.6) is 0 Å². The minimum atomic E-state index is 0.570. The van der Waals surface area contributed by atoms with Crippen molar-refractivity contribution in [3.8, 4) is 0 Å². The zero-order chi connectivity index (χ0) is 22.0. The molecule has 0 rings (SSSR count). The first-order valence-electron chi connectivity index (χ1n) is 12.9. The first-order valence-corrected chi connectivity index (χ1v) is 17.4. The van der Waals surface area contributed by atoms with E-state index in [9.17, 15) is 0 Å². The Hall–Kier alpha value is 0.651. The van der Waals surface area contributed by atoms with Crippen LogP contribution in [-0.4, -0.2) is 27.4 Å². The lowest BCUT2D eigenvalue weighted by Gasteiger charge is -2.24. The van der Waals surface area contributed by atoms with E-state index in [2.05, 4.69) is 51.3 Å². The van der Waals surface area contributed by atoms with Gasteiger partial charge in [-0.05, 0) is 29.2 Å². The Morgan fingerprint density at radius 3 is 1.38 bits per heavy atom. The Kier molecular flexibility index (Phi) is 18.7. The Balaban J connectivity index is 3.44. The van der Waals surface area contributed by atoms with Crippen molar-refractivity contribution in [3.05, 3.63) is 0 Å². The Labute approximate surface area is 194 Å². The van der Waals surface area contributed by atoms with Crippen molar-refractivity contribution in [2.45, 2.75) is 156 Å². The van der Waals surface area contributed by atoms with Crippen LogP contribution in [0.25, 0.3) is 0 Å². The van der Waals surface area contributed by atoms with E-state index >= 15 is 0 Å². The molecular formula is C26H53Si3. The maximum atomic E-state index is 3.68. The van der Waals surface area contributed by atoms with E-state index in [0.717, 1.165) is 23.5 Å². The fraction of sp³-hybridized carbons (Fsp3) is 1.00. The van der Waals surface area contributed by atoms with Crippen molar-refractivity contribution >= 4 is 27.4 Å². The quantitative estimate of drug-likeness (QED) is 0.121. The highest BCUT2D eigenvalue weighted by Crippen LogP contribution is 2.31. The monoisotopic (exact) mass is 449 g/mol. The molecule has 0 amide bonds. The second kappa shape index (κ2) is 18.2. The summed E-state index contributed by atoms with van der Waals surface area (Å²) < 4.78 is 0. The Morgan fingerprint density at radius 2 is 0.966 bits per heavy atom. The second-order valence-corrected chi connectivity index (χ2v) is 16.9. The molecule has 7 radical (unpaired) electrons. The van der Waals surface area contributed by atoms with Gasteiger partial charge in [0.05, 0.1) is 0 Å². The van der Waals surface area contributed by atoms with E-state index < -0.39 is 0 Å². The van der Waals surface area contributed by atoms with Crippen LogP contribution in [0.1, 0.15) is 151 Å². The average molecular weight is 450 g/mol. The van der Waals surface area contributed by atoms with Gasteiger partial charge < -0.3 is 0 Å². The second-order valence-electron chi connectivity index (χ2n) is 11.3. The standard InChI is InChI=1S/C26H53Si3/c1-24(2)20-16-12-11-14-18-22-25(3,4)21-17-13-9-7-8-10-15-19-23-26(5,6)28-29-27/h24H,7-23H2,1-6H3. The van der Waals surface area contributed by atoms with Gasteiger partial charge in [0.25, 0.3) is 0 Å². The van der Waals surface area contributed by atoms with Gasteiger partial charge in [-0.25, -0.2) is 0 Å². The minimum absolute atomic E-state index is 0.570. The zero-order valence-corrected chi connectivity index (χ0v) is 24.1. The molecule has 0 nitrogen and oxygen atoms in total. The topological polar surface area (TPSA) is 0 Å². The van der Waals surface area contributed by atoms with Gasteiger partial charge in [0, 0.05) is 27.4 Å². The summed E-state index contributed by atoms with van der Waals surface area (Å²) in [5.41, 5.74) is 0.570. The molecule has 169 valence electrons. The molecule has 0 aliphatic rings. The van der Waals surface area contributed by atoms with Gasteiger partial charge in [-0.15, -0.1) is 0 Å². The van der Waals surface area contributed by atoms with E-state index in [1.165, 1.54) is 109 Å². The minimum Gasteiger partial charge on any atom is -0.0631 e. The van der Waals surface area contributed by atoms with Gasteiger partial charge in [-0.3, -0.25) is 0 Å². The third kappa shape index (κ3) is 21.7. The predicted molar refractivity (Wildman–Crippen MR) is 138 cm³/mol. The summed E-state index contributed by atoms with van der Waals surface area (Å²) >= 11 is 0. The molecule has 0 saturated heterocycles. The highest BCUT2D eigenvalue weighted by molar-refractivity contribution is 7.24. The molecular weight excluding hydrogens is 397 g/mol. The van der Waals surface area contributed by atoms with E-state index in [4.69, 9.17) is 0 Å². The normalized spacial score (nSPS) is 12.8. The number of hydrogen-bond acceptors (Lipinski definition) is 0. The van der Waals surface area contributed by atoms with E-state index in [1.54, 1.807) is 0 Å². The van der Waals surface area contributed by atoms with E-state index in [-0.39, 0.29) is 0 Å². The van der Waals surface area contributed by atoms with Gasteiger partial charge >= 0.3 is 0 Å². The van der Waals surface area contributed by atoms with Crippen molar-refractivity contribution in [3.63, 3.8) is 0 Å².